The SMILES string of the molecule is Cc1cccc(CNC(=O)c2cccc(NC(=O)c3ccco3)c2)n1. The predicted octanol–water partition coefficient (Wildman–Crippen LogP) is 3.17. The number of pyridine rings is 1. The molecule has 6 nitrogen and oxygen atoms in total. The normalized spacial score (nSPS) is 10.3. The Balaban J connectivity index is 1.64. The number of anilines is 1. The van der Waals surface area contributed by atoms with Crippen molar-refractivity contribution in [3.05, 3.63) is 83.6 Å². The van der Waals surface area contributed by atoms with Crippen LogP contribution < -0.4 is 10.6 Å². The van der Waals surface area contributed by atoms with Crippen molar-refractivity contribution in [3.8, 4) is 0 Å². The molecule has 2 aromatic heterocycles. The predicted molar refractivity (Wildman–Crippen MR) is 93.2 cm³/mol. The Labute approximate surface area is 144 Å². The van der Waals surface area contributed by atoms with Crippen molar-refractivity contribution in [1.82, 2.24) is 10.3 Å². The van der Waals surface area contributed by atoms with E-state index in [0.717, 1.165) is 11.4 Å². The van der Waals surface area contributed by atoms with Crippen LogP contribution in [0.3, 0.4) is 0 Å². The second kappa shape index (κ2) is 7.44. The summed E-state index contributed by atoms with van der Waals surface area (Å²) in [6.45, 7) is 2.24. The second-order valence-electron chi connectivity index (χ2n) is 5.47. The molecule has 6 heteroatoms. The summed E-state index contributed by atoms with van der Waals surface area (Å²) in [4.78, 5) is 28.6. The van der Waals surface area contributed by atoms with Crippen molar-refractivity contribution in [2.45, 2.75) is 13.5 Å². The van der Waals surface area contributed by atoms with Crippen LogP contribution in [-0.2, 0) is 6.54 Å². The average Bonchev–Trinajstić information content (AvgIpc) is 3.15. The number of carbonyl (C=O) groups is 2. The number of furan rings is 1. The zero-order valence-electron chi connectivity index (χ0n) is 13.7. The molecule has 0 saturated heterocycles. The summed E-state index contributed by atoms with van der Waals surface area (Å²) in [7, 11) is 0. The van der Waals surface area contributed by atoms with Crippen LogP contribution in [0.1, 0.15) is 32.3 Å². The van der Waals surface area contributed by atoms with Gasteiger partial charge in [-0.3, -0.25) is 14.6 Å². The first-order chi connectivity index (χ1) is 12.1. The van der Waals surface area contributed by atoms with Gasteiger partial charge in [-0.15, -0.1) is 0 Å². The van der Waals surface area contributed by atoms with E-state index in [0.29, 0.717) is 17.8 Å². The highest BCUT2D eigenvalue weighted by atomic mass is 16.3. The fourth-order valence-electron chi connectivity index (χ4n) is 2.31. The minimum Gasteiger partial charge on any atom is -0.459 e. The lowest BCUT2D eigenvalue weighted by atomic mass is 10.2. The van der Waals surface area contributed by atoms with Gasteiger partial charge < -0.3 is 15.1 Å². The van der Waals surface area contributed by atoms with Gasteiger partial charge in [0.25, 0.3) is 11.8 Å². The number of nitrogens with zero attached hydrogens (tertiary/aromatic N) is 1. The van der Waals surface area contributed by atoms with Gasteiger partial charge in [-0.25, -0.2) is 0 Å². The monoisotopic (exact) mass is 335 g/mol. The van der Waals surface area contributed by atoms with Crippen molar-refractivity contribution in [2.75, 3.05) is 5.32 Å². The summed E-state index contributed by atoms with van der Waals surface area (Å²) in [6.07, 6.45) is 1.43. The van der Waals surface area contributed by atoms with Crippen molar-refractivity contribution in [2.24, 2.45) is 0 Å². The fourth-order valence-corrected chi connectivity index (χ4v) is 2.31. The van der Waals surface area contributed by atoms with E-state index in [1.165, 1.54) is 6.26 Å². The third-order valence-corrected chi connectivity index (χ3v) is 3.50. The third-order valence-electron chi connectivity index (χ3n) is 3.50. The first kappa shape index (κ1) is 16.4. The van der Waals surface area contributed by atoms with Crippen LogP contribution in [0.2, 0.25) is 0 Å². The molecule has 0 fully saturated rings. The lowest BCUT2D eigenvalue weighted by Crippen LogP contribution is -2.23. The Hall–Kier alpha value is -3.41. The molecule has 2 heterocycles. The molecule has 1 aromatic carbocycles. The minimum absolute atomic E-state index is 0.209. The Morgan fingerprint density at radius 2 is 1.88 bits per heavy atom. The maximum atomic E-state index is 12.3. The number of benzene rings is 1. The number of hydrogen-bond acceptors (Lipinski definition) is 4. The molecule has 3 aromatic rings. The van der Waals surface area contributed by atoms with E-state index in [1.54, 1.807) is 36.4 Å². The Morgan fingerprint density at radius 1 is 1.04 bits per heavy atom. The maximum absolute atomic E-state index is 12.3. The molecule has 0 aliphatic rings. The van der Waals surface area contributed by atoms with Gasteiger partial charge in [-0.2, -0.15) is 0 Å². The molecule has 2 N–H and O–H groups in total. The van der Waals surface area contributed by atoms with Crippen LogP contribution in [0.5, 0.6) is 0 Å². The standard InChI is InChI=1S/C19H17N3O3/c1-13-5-2-8-16(21-13)12-20-18(23)14-6-3-7-15(11-14)22-19(24)17-9-4-10-25-17/h2-11H,12H2,1H3,(H,20,23)(H,22,24). The molecular formula is C19H17N3O3. The highest BCUT2D eigenvalue weighted by molar-refractivity contribution is 6.03. The van der Waals surface area contributed by atoms with Gasteiger partial charge >= 0.3 is 0 Å². The molecule has 2 amide bonds. The zero-order valence-corrected chi connectivity index (χ0v) is 13.7. The van der Waals surface area contributed by atoms with Crippen LogP contribution in [0, 0.1) is 6.92 Å². The highest BCUT2D eigenvalue weighted by Crippen LogP contribution is 2.13. The van der Waals surface area contributed by atoms with Gasteiger partial charge in [0, 0.05) is 16.9 Å². The highest BCUT2D eigenvalue weighted by Gasteiger charge is 2.11. The Bertz CT molecular complexity index is 888. The summed E-state index contributed by atoms with van der Waals surface area (Å²) in [5.41, 5.74) is 2.65. The largest absolute Gasteiger partial charge is 0.459 e. The summed E-state index contributed by atoms with van der Waals surface area (Å²) >= 11 is 0. The molecule has 25 heavy (non-hydrogen) atoms. The van der Waals surface area contributed by atoms with E-state index in [9.17, 15) is 9.59 Å². The van der Waals surface area contributed by atoms with E-state index in [1.807, 2.05) is 25.1 Å². The number of rotatable bonds is 5. The molecule has 0 atom stereocenters. The van der Waals surface area contributed by atoms with Gasteiger partial charge in [0.1, 0.15) is 0 Å². The lowest BCUT2D eigenvalue weighted by molar-refractivity contribution is 0.0948. The summed E-state index contributed by atoms with van der Waals surface area (Å²) in [6, 6.07) is 15.6. The number of amides is 2. The topological polar surface area (TPSA) is 84.2 Å². The van der Waals surface area contributed by atoms with E-state index in [2.05, 4.69) is 15.6 Å². The van der Waals surface area contributed by atoms with Crippen LogP contribution in [0.25, 0.3) is 0 Å². The van der Waals surface area contributed by atoms with Gasteiger partial charge in [0.15, 0.2) is 5.76 Å². The summed E-state index contributed by atoms with van der Waals surface area (Å²) in [5, 5.41) is 5.51. The smallest absolute Gasteiger partial charge is 0.291 e. The van der Waals surface area contributed by atoms with Gasteiger partial charge in [0.2, 0.25) is 0 Å². The van der Waals surface area contributed by atoms with Crippen molar-refractivity contribution < 1.29 is 14.0 Å². The molecular weight excluding hydrogens is 318 g/mol. The molecule has 0 unspecified atom stereocenters. The van der Waals surface area contributed by atoms with Crippen LogP contribution in [0.15, 0.2) is 65.3 Å². The number of hydrogen-bond donors (Lipinski definition) is 2. The molecule has 3 rings (SSSR count). The number of nitrogens with one attached hydrogen (secondary N) is 2. The number of aromatic nitrogens is 1. The molecule has 0 saturated carbocycles. The fraction of sp³-hybridized carbons (Fsp3) is 0.105. The first-order valence-corrected chi connectivity index (χ1v) is 7.77. The third kappa shape index (κ3) is 4.32. The van der Waals surface area contributed by atoms with Gasteiger partial charge in [0.05, 0.1) is 18.5 Å². The van der Waals surface area contributed by atoms with Crippen LogP contribution >= 0.6 is 0 Å². The lowest BCUT2D eigenvalue weighted by Gasteiger charge is -2.08. The Morgan fingerprint density at radius 3 is 2.64 bits per heavy atom. The van der Waals surface area contributed by atoms with E-state index in [-0.39, 0.29) is 17.6 Å². The minimum atomic E-state index is -0.369. The zero-order chi connectivity index (χ0) is 17.6. The molecule has 0 spiro atoms. The maximum Gasteiger partial charge on any atom is 0.291 e. The molecule has 0 radical (unpaired) electrons. The van der Waals surface area contributed by atoms with E-state index >= 15 is 0 Å². The van der Waals surface area contributed by atoms with Crippen molar-refractivity contribution in [1.29, 1.82) is 0 Å². The second-order valence-corrected chi connectivity index (χ2v) is 5.47. The summed E-state index contributed by atoms with van der Waals surface area (Å²) in [5.74, 6) is -0.399. The molecule has 0 aliphatic carbocycles. The van der Waals surface area contributed by atoms with Crippen LogP contribution in [-0.4, -0.2) is 16.8 Å². The number of carbonyl (C=O) groups excluding carboxylic acids is 2. The number of aryl methyl sites for hydroxylation is 1. The molecule has 0 aliphatic heterocycles. The van der Waals surface area contributed by atoms with E-state index < -0.39 is 0 Å². The molecule has 126 valence electrons. The average molecular weight is 335 g/mol. The quantitative estimate of drug-likeness (QED) is 0.750. The first-order valence-electron chi connectivity index (χ1n) is 7.77. The van der Waals surface area contributed by atoms with Gasteiger partial charge in [-0.1, -0.05) is 12.1 Å². The van der Waals surface area contributed by atoms with Crippen molar-refractivity contribution >= 4 is 17.5 Å². The Kier molecular flexibility index (Phi) is 4.89. The van der Waals surface area contributed by atoms with Crippen LogP contribution in [0.4, 0.5) is 5.69 Å². The molecule has 0 bridgehead atoms. The van der Waals surface area contributed by atoms with Gasteiger partial charge in [-0.05, 0) is 49.4 Å². The van der Waals surface area contributed by atoms with Crippen molar-refractivity contribution in [3.63, 3.8) is 0 Å². The van der Waals surface area contributed by atoms with E-state index in [4.69, 9.17) is 4.42 Å². The summed E-state index contributed by atoms with van der Waals surface area (Å²) < 4.78 is 5.04.